The maximum atomic E-state index is 10.5. The summed E-state index contributed by atoms with van der Waals surface area (Å²) in [6.45, 7) is 1.86. The third-order valence-corrected chi connectivity index (χ3v) is 2.65. The van der Waals surface area contributed by atoms with Gasteiger partial charge < -0.3 is 5.11 Å². The Bertz CT molecular complexity index is 298. The first-order chi connectivity index (χ1) is 5.13. The van der Waals surface area contributed by atoms with Crippen LogP contribution in [0.3, 0.4) is 0 Å². The van der Waals surface area contributed by atoms with Gasteiger partial charge in [0.15, 0.2) is 5.69 Å². The molecule has 1 rings (SSSR count). The van der Waals surface area contributed by atoms with Gasteiger partial charge >= 0.3 is 5.97 Å². The van der Waals surface area contributed by atoms with E-state index in [1.165, 1.54) is 6.20 Å². The Labute approximate surface area is 77.6 Å². The van der Waals surface area contributed by atoms with Gasteiger partial charge in [0.1, 0.15) is 0 Å². The molecular formula is C7H6INO2. The Morgan fingerprint density at radius 2 is 2.36 bits per heavy atom. The van der Waals surface area contributed by atoms with Crippen LogP contribution >= 0.6 is 22.6 Å². The lowest BCUT2D eigenvalue weighted by Gasteiger charge is -1.99. The molecule has 0 saturated carbocycles. The second kappa shape index (κ2) is 3.17. The van der Waals surface area contributed by atoms with Gasteiger partial charge in [-0.05, 0) is 41.1 Å². The average molecular weight is 263 g/mol. The van der Waals surface area contributed by atoms with Gasteiger partial charge in [0.05, 0.1) is 0 Å². The summed E-state index contributed by atoms with van der Waals surface area (Å²) in [6, 6.07) is 1.79. The fraction of sp³-hybridized carbons (Fsp3) is 0.143. The lowest BCUT2D eigenvalue weighted by molar-refractivity contribution is 0.0689. The number of hydrogen-bond donors (Lipinski definition) is 1. The van der Waals surface area contributed by atoms with Crippen molar-refractivity contribution in [2.24, 2.45) is 0 Å². The number of carboxylic acids is 1. The molecule has 4 heteroatoms. The molecule has 0 aliphatic heterocycles. The predicted molar refractivity (Wildman–Crippen MR) is 48.7 cm³/mol. The number of hydrogen-bond acceptors (Lipinski definition) is 2. The molecule has 1 aromatic heterocycles. The molecule has 0 aliphatic rings. The molecule has 1 aromatic rings. The monoisotopic (exact) mass is 263 g/mol. The van der Waals surface area contributed by atoms with Crippen LogP contribution in [0.1, 0.15) is 16.1 Å². The molecule has 0 unspecified atom stereocenters. The van der Waals surface area contributed by atoms with Crippen LogP contribution < -0.4 is 0 Å². The lowest BCUT2D eigenvalue weighted by Crippen LogP contribution is -2.03. The fourth-order valence-corrected chi connectivity index (χ4v) is 1.24. The van der Waals surface area contributed by atoms with E-state index in [1.807, 2.05) is 29.5 Å². The molecule has 1 heterocycles. The van der Waals surface area contributed by atoms with Crippen LogP contribution in [-0.4, -0.2) is 16.1 Å². The smallest absolute Gasteiger partial charge is 0.355 e. The van der Waals surface area contributed by atoms with Gasteiger partial charge in [0, 0.05) is 9.77 Å². The van der Waals surface area contributed by atoms with Crippen molar-refractivity contribution >= 4 is 28.6 Å². The Morgan fingerprint density at radius 3 is 2.82 bits per heavy atom. The molecule has 0 aliphatic carbocycles. The van der Waals surface area contributed by atoms with Gasteiger partial charge in [0.2, 0.25) is 0 Å². The molecular weight excluding hydrogens is 257 g/mol. The van der Waals surface area contributed by atoms with Crippen molar-refractivity contribution in [2.75, 3.05) is 0 Å². The van der Waals surface area contributed by atoms with Crippen molar-refractivity contribution in [1.29, 1.82) is 0 Å². The third-order valence-electron chi connectivity index (χ3n) is 1.28. The van der Waals surface area contributed by atoms with Gasteiger partial charge in [0.25, 0.3) is 0 Å². The zero-order valence-corrected chi connectivity index (χ0v) is 7.99. The first kappa shape index (κ1) is 8.45. The highest BCUT2D eigenvalue weighted by Crippen LogP contribution is 2.13. The topological polar surface area (TPSA) is 50.2 Å². The van der Waals surface area contributed by atoms with E-state index < -0.39 is 5.97 Å². The SMILES string of the molecule is Cc1ccnc(C(=O)O)c1I. The van der Waals surface area contributed by atoms with Crippen LogP contribution in [0.5, 0.6) is 0 Å². The standard InChI is InChI=1S/C7H6INO2/c1-4-2-3-9-6(5(4)8)7(10)11/h2-3H,1H3,(H,10,11). The molecule has 3 nitrogen and oxygen atoms in total. The summed E-state index contributed by atoms with van der Waals surface area (Å²) < 4.78 is 0.706. The highest BCUT2D eigenvalue weighted by Gasteiger charge is 2.09. The number of rotatable bonds is 1. The van der Waals surface area contributed by atoms with E-state index >= 15 is 0 Å². The zero-order chi connectivity index (χ0) is 8.43. The van der Waals surface area contributed by atoms with Crippen LogP contribution in [0.4, 0.5) is 0 Å². The fourth-order valence-electron chi connectivity index (χ4n) is 0.689. The van der Waals surface area contributed by atoms with E-state index in [0.29, 0.717) is 3.57 Å². The Hall–Kier alpha value is -0.650. The minimum atomic E-state index is -0.974. The molecule has 0 atom stereocenters. The first-order valence-electron chi connectivity index (χ1n) is 2.97. The highest BCUT2D eigenvalue weighted by molar-refractivity contribution is 14.1. The number of aromatic carboxylic acids is 1. The van der Waals surface area contributed by atoms with Crippen molar-refractivity contribution in [3.8, 4) is 0 Å². The second-order valence-corrected chi connectivity index (χ2v) is 3.17. The molecule has 0 aromatic carbocycles. The molecule has 0 radical (unpaired) electrons. The number of pyridine rings is 1. The Balaban J connectivity index is 3.27. The Kier molecular flexibility index (Phi) is 2.43. The first-order valence-corrected chi connectivity index (χ1v) is 4.05. The van der Waals surface area contributed by atoms with E-state index in [0.717, 1.165) is 5.56 Å². The summed E-state index contributed by atoms with van der Waals surface area (Å²) in [5, 5.41) is 8.62. The van der Waals surface area contributed by atoms with Gasteiger partial charge in [-0.1, -0.05) is 0 Å². The van der Waals surface area contributed by atoms with Crippen molar-refractivity contribution in [2.45, 2.75) is 6.92 Å². The molecule has 0 amide bonds. The van der Waals surface area contributed by atoms with E-state index in [-0.39, 0.29) is 5.69 Å². The molecule has 1 N–H and O–H groups in total. The average Bonchev–Trinajstić information content (AvgIpc) is 1.94. The van der Waals surface area contributed by atoms with Crippen LogP contribution in [0.25, 0.3) is 0 Å². The summed E-state index contributed by atoms with van der Waals surface area (Å²) in [4.78, 5) is 14.2. The summed E-state index contributed by atoms with van der Waals surface area (Å²) in [6.07, 6.45) is 1.50. The van der Waals surface area contributed by atoms with E-state index in [9.17, 15) is 4.79 Å². The highest BCUT2D eigenvalue weighted by atomic mass is 127. The van der Waals surface area contributed by atoms with Gasteiger partial charge in [-0.3, -0.25) is 0 Å². The zero-order valence-electron chi connectivity index (χ0n) is 5.84. The number of nitrogens with zero attached hydrogens (tertiary/aromatic N) is 1. The lowest BCUT2D eigenvalue weighted by atomic mass is 10.2. The van der Waals surface area contributed by atoms with Crippen molar-refractivity contribution < 1.29 is 9.90 Å². The number of halogens is 1. The predicted octanol–water partition coefficient (Wildman–Crippen LogP) is 1.69. The second-order valence-electron chi connectivity index (χ2n) is 2.10. The van der Waals surface area contributed by atoms with Gasteiger partial charge in [-0.25, -0.2) is 9.78 Å². The molecule has 0 bridgehead atoms. The Morgan fingerprint density at radius 1 is 1.73 bits per heavy atom. The maximum Gasteiger partial charge on any atom is 0.355 e. The molecule has 0 spiro atoms. The summed E-state index contributed by atoms with van der Waals surface area (Å²) in [5.74, 6) is -0.974. The van der Waals surface area contributed by atoms with E-state index in [1.54, 1.807) is 6.07 Å². The van der Waals surface area contributed by atoms with E-state index in [4.69, 9.17) is 5.11 Å². The van der Waals surface area contributed by atoms with Gasteiger partial charge in [-0.2, -0.15) is 0 Å². The van der Waals surface area contributed by atoms with Crippen LogP contribution in [0.2, 0.25) is 0 Å². The minimum absolute atomic E-state index is 0.130. The molecule has 58 valence electrons. The van der Waals surface area contributed by atoms with Crippen LogP contribution in [-0.2, 0) is 0 Å². The quantitative estimate of drug-likeness (QED) is 0.784. The summed E-state index contributed by atoms with van der Waals surface area (Å²) in [5.41, 5.74) is 1.07. The maximum absolute atomic E-state index is 10.5. The largest absolute Gasteiger partial charge is 0.476 e. The third kappa shape index (κ3) is 1.68. The van der Waals surface area contributed by atoms with Crippen LogP contribution in [0, 0.1) is 10.5 Å². The molecule has 11 heavy (non-hydrogen) atoms. The molecule has 0 saturated heterocycles. The molecule has 0 fully saturated rings. The van der Waals surface area contributed by atoms with Crippen LogP contribution in [0.15, 0.2) is 12.3 Å². The van der Waals surface area contributed by atoms with Crippen molar-refractivity contribution in [3.63, 3.8) is 0 Å². The number of carboxylic acid groups (broad SMARTS) is 1. The normalized spacial score (nSPS) is 9.64. The number of carbonyl (C=O) groups is 1. The summed E-state index contributed by atoms with van der Waals surface area (Å²) >= 11 is 1.98. The van der Waals surface area contributed by atoms with Gasteiger partial charge in [-0.15, -0.1) is 0 Å². The van der Waals surface area contributed by atoms with Crippen molar-refractivity contribution in [3.05, 3.63) is 27.1 Å². The number of aromatic nitrogens is 1. The minimum Gasteiger partial charge on any atom is -0.476 e. The van der Waals surface area contributed by atoms with Crippen molar-refractivity contribution in [1.82, 2.24) is 4.98 Å². The summed E-state index contributed by atoms with van der Waals surface area (Å²) in [7, 11) is 0. The van der Waals surface area contributed by atoms with E-state index in [2.05, 4.69) is 4.98 Å². The number of aryl methyl sites for hydroxylation is 1.